The molecule has 1 fully saturated rings. The summed E-state index contributed by atoms with van der Waals surface area (Å²) in [4.78, 5) is 17.7. The van der Waals surface area contributed by atoms with Crippen molar-refractivity contribution >= 4 is 33.1 Å². The van der Waals surface area contributed by atoms with Gasteiger partial charge in [0.15, 0.2) is 0 Å². The first kappa shape index (κ1) is 20.1. The molecule has 0 radical (unpaired) electrons. The quantitative estimate of drug-likeness (QED) is 0.454. The minimum absolute atomic E-state index is 0.0268. The molecular formula is C23H24N4O3S. The van der Waals surface area contributed by atoms with Gasteiger partial charge in [-0.15, -0.1) is 0 Å². The zero-order chi connectivity index (χ0) is 21.7. The van der Waals surface area contributed by atoms with E-state index >= 15 is 0 Å². The number of nitrogens with zero attached hydrogens (tertiary/aromatic N) is 3. The molecule has 2 aromatic carbocycles. The van der Waals surface area contributed by atoms with Crippen LogP contribution in [0.4, 0.5) is 0 Å². The Hall–Kier alpha value is -2.81. The molecule has 2 heterocycles. The van der Waals surface area contributed by atoms with Crippen LogP contribution < -0.4 is 10.3 Å². The van der Waals surface area contributed by atoms with E-state index in [4.69, 9.17) is 9.54 Å². The average molecular weight is 437 g/mol. The summed E-state index contributed by atoms with van der Waals surface area (Å²) >= 11 is -2.04. The Morgan fingerprint density at radius 1 is 1.16 bits per heavy atom. The monoisotopic (exact) mass is 436 g/mol. The highest BCUT2D eigenvalue weighted by atomic mass is 32.2. The molecule has 0 aliphatic heterocycles. The van der Waals surface area contributed by atoms with Gasteiger partial charge in [0.25, 0.3) is 5.56 Å². The Morgan fingerprint density at radius 2 is 1.90 bits per heavy atom. The summed E-state index contributed by atoms with van der Waals surface area (Å²) in [5.74, 6) is 1.60. The molecule has 160 valence electrons. The number of fused-ring (bicyclic) bond motifs is 2. The molecule has 2 N–H and O–H groups in total. The van der Waals surface area contributed by atoms with Crippen molar-refractivity contribution in [2.24, 2.45) is 14.1 Å². The average Bonchev–Trinajstić information content (AvgIpc) is 3.54. The fourth-order valence-electron chi connectivity index (χ4n) is 4.33. The van der Waals surface area contributed by atoms with Crippen LogP contribution in [0.15, 0.2) is 47.4 Å². The third kappa shape index (κ3) is 3.60. The summed E-state index contributed by atoms with van der Waals surface area (Å²) < 4.78 is 26.4. The van der Waals surface area contributed by atoms with Gasteiger partial charge in [0.2, 0.25) is 11.3 Å². The molecule has 2 aromatic heterocycles. The lowest BCUT2D eigenvalue weighted by molar-refractivity contribution is 0.549. The van der Waals surface area contributed by atoms with Gasteiger partial charge in [0, 0.05) is 49.3 Å². The summed E-state index contributed by atoms with van der Waals surface area (Å²) in [6.45, 7) is 0.384. The molecular weight excluding hydrogens is 412 g/mol. The lowest BCUT2D eigenvalue weighted by Crippen LogP contribution is -2.19. The van der Waals surface area contributed by atoms with Crippen LogP contribution in [-0.2, 0) is 31.8 Å². The second-order valence-electron chi connectivity index (χ2n) is 8.21. The van der Waals surface area contributed by atoms with Gasteiger partial charge < -0.3 is 9.13 Å². The summed E-state index contributed by atoms with van der Waals surface area (Å²) in [6.07, 6.45) is 4.81. The Balaban J connectivity index is 1.77. The van der Waals surface area contributed by atoms with E-state index in [1.165, 1.54) is 0 Å². The summed E-state index contributed by atoms with van der Waals surface area (Å²) in [5, 5.41) is 1.58. The van der Waals surface area contributed by atoms with E-state index in [1.54, 1.807) is 11.6 Å². The number of hydrogen-bond donors (Lipinski definition) is 2. The summed E-state index contributed by atoms with van der Waals surface area (Å²) in [5.41, 5.74) is 4.92. The van der Waals surface area contributed by atoms with Gasteiger partial charge >= 0.3 is 0 Å². The number of nitrogens with one attached hydrogen (secondary N) is 1. The molecule has 1 unspecified atom stereocenters. The van der Waals surface area contributed by atoms with Crippen LogP contribution in [0.5, 0.6) is 0 Å². The van der Waals surface area contributed by atoms with Crippen LogP contribution in [0.3, 0.4) is 0 Å². The van der Waals surface area contributed by atoms with Crippen LogP contribution in [0.1, 0.15) is 30.1 Å². The van der Waals surface area contributed by atoms with E-state index in [9.17, 15) is 9.00 Å². The fourth-order valence-corrected chi connectivity index (χ4v) is 4.61. The Bertz CT molecular complexity index is 1400. The second kappa shape index (κ2) is 7.71. The lowest BCUT2D eigenvalue weighted by Gasteiger charge is -2.12. The van der Waals surface area contributed by atoms with Crippen LogP contribution in [0.25, 0.3) is 32.9 Å². The summed E-state index contributed by atoms with van der Waals surface area (Å²) in [7, 11) is 3.82. The van der Waals surface area contributed by atoms with E-state index in [2.05, 4.69) is 28.5 Å². The van der Waals surface area contributed by atoms with E-state index in [0.717, 1.165) is 51.8 Å². The molecule has 1 aliphatic rings. The fraction of sp³-hybridized carbons (Fsp3) is 0.304. The summed E-state index contributed by atoms with van der Waals surface area (Å²) in [6, 6.07) is 11.9. The second-order valence-corrected chi connectivity index (χ2v) is 9.00. The largest absolute Gasteiger partial charge is 0.331 e. The topological polar surface area (TPSA) is 89.2 Å². The molecule has 1 aliphatic carbocycles. The first-order chi connectivity index (χ1) is 14.9. The lowest BCUT2D eigenvalue weighted by atomic mass is 9.96. The van der Waals surface area contributed by atoms with Crippen molar-refractivity contribution in [3.63, 3.8) is 0 Å². The molecule has 0 saturated heterocycles. The van der Waals surface area contributed by atoms with E-state index < -0.39 is 11.3 Å². The van der Waals surface area contributed by atoms with Gasteiger partial charge in [-0.3, -0.25) is 9.35 Å². The zero-order valence-corrected chi connectivity index (χ0v) is 18.3. The van der Waals surface area contributed by atoms with E-state index in [1.807, 2.05) is 30.5 Å². The number of hydrogen-bond acceptors (Lipinski definition) is 3. The van der Waals surface area contributed by atoms with Crippen LogP contribution in [0, 0.1) is 0 Å². The minimum atomic E-state index is -2.04. The van der Waals surface area contributed by atoms with Gasteiger partial charge in [0.1, 0.15) is 5.82 Å². The van der Waals surface area contributed by atoms with Gasteiger partial charge in [-0.05, 0) is 48.4 Å². The van der Waals surface area contributed by atoms with E-state index in [0.29, 0.717) is 24.3 Å². The maximum atomic E-state index is 12.7. The van der Waals surface area contributed by atoms with Crippen molar-refractivity contribution in [2.45, 2.75) is 25.2 Å². The number of imidazole rings is 1. The van der Waals surface area contributed by atoms with Crippen LogP contribution in [-0.4, -0.2) is 29.4 Å². The van der Waals surface area contributed by atoms with Crippen molar-refractivity contribution in [3.05, 3.63) is 64.3 Å². The van der Waals surface area contributed by atoms with Crippen LogP contribution >= 0.6 is 0 Å². The highest BCUT2D eigenvalue weighted by Crippen LogP contribution is 2.42. The molecule has 0 amide bonds. The van der Waals surface area contributed by atoms with Crippen molar-refractivity contribution in [2.75, 3.05) is 6.54 Å². The molecule has 1 atom stereocenters. The number of pyridine rings is 1. The van der Waals surface area contributed by atoms with Crippen molar-refractivity contribution in [1.29, 1.82) is 0 Å². The van der Waals surface area contributed by atoms with Gasteiger partial charge in [-0.2, -0.15) is 0 Å². The Labute approximate surface area is 182 Å². The molecule has 8 heteroatoms. The van der Waals surface area contributed by atoms with Crippen molar-refractivity contribution < 1.29 is 8.76 Å². The number of aromatic nitrogens is 3. The predicted octanol–water partition coefficient (Wildman–Crippen LogP) is 3.24. The van der Waals surface area contributed by atoms with E-state index in [-0.39, 0.29) is 5.56 Å². The number of rotatable bonds is 6. The Kier molecular flexibility index (Phi) is 5.00. The normalized spacial score (nSPS) is 15.1. The third-order valence-corrected chi connectivity index (χ3v) is 6.49. The third-order valence-electron chi connectivity index (χ3n) is 6.04. The highest BCUT2D eigenvalue weighted by Gasteiger charge is 2.29. The number of benzene rings is 2. The first-order valence-electron chi connectivity index (χ1n) is 10.4. The Morgan fingerprint density at radius 3 is 2.61 bits per heavy atom. The molecule has 7 nitrogen and oxygen atoms in total. The van der Waals surface area contributed by atoms with Gasteiger partial charge in [-0.1, -0.05) is 18.2 Å². The molecule has 5 rings (SSSR count). The SMILES string of the molecule is Cn1cc(-c2cc(CCNS(=O)O)cc3c2nc(C2CC2)n3C)c2ccccc2c1=O. The zero-order valence-electron chi connectivity index (χ0n) is 17.5. The first-order valence-corrected chi connectivity index (χ1v) is 11.5. The van der Waals surface area contributed by atoms with Crippen molar-refractivity contribution in [3.8, 4) is 11.1 Å². The minimum Gasteiger partial charge on any atom is -0.331 e. The maximum Gasteiger partial charge on any atom is 0.258 e. The van der Waals surface area contributed by atoms with Crippen LogP contribution in [0.2, 0.25) is 0 Å². The number of aryl methyl sites for hydroxylation is 2. The standard InChI is InChI=1S/C23H24N4O3S/c1-26-13-19(16-5-3-4-6-17(16)23(26)28)18-11-14(9-10-24-31(29)30)12-20-21(18)25-22(27(20)2)15-7-8-15/h3-6,11-13,15,24H,7-10H2,1-2H3,(H,29,30). The highest BCUT2D eigenvalue weighted by molar-refractivity contribution is 7.77. The molecule has 1 saturated carbocycles. The molecule has 4 aromatic rings. The van der Waals surface area contributed by atoms with Gasteiger partial charge in [0.05, 0.1) is 11.0 Å². The molecule has 0 bridgehead atoms. The van der Waals surface area contributed by atoms with Gasteiger partial charge in [-0.25, -0.2) is 13.9 Å². The smallest absolute Gasteiger partial charge is 0.258 e. The predicted molar refractivity (Wildman–Crippen MR) is 123 cm³/mol. The molecule has 31 heavy (non-hydrogen) atoms. The molecule has 0 spiro atoms. The maximum absolute atomic E-state index is 12.7. The van der Waals surface area contributed by atoms with Crippen molar-refractivity contribution in [1.82, 2.24) is 18.8 Å².